The molecule has 0 atom stereocenters. The van der Waals surface area contributed by atoms with Gasteiger partial charge in [-0.05, 0) is 0 Å². The molecule has 0 amide bonds. The SMILES string of the molecule is O=C(O)O.O=C(O)O.[Co+2].[NH-]CC[NH-]. The first-order valence-electron chi connectivity index (χ1n) is 2.51. The molecule has 0 fully saturated rings. The van der Waals surface area contributed by atoms with Gasteiger partial charge in [0.15, 0.2) is 0 Å². The van der Waals surface area contributed by atoms with Gasteiger partial charge in [0.25, 0.3) is 0 Å². The van der Waals surface area contributed by atoms with Crippen LogP contribution in [0.25, 0.3) is 11.5 Å². The Labute approximate surface area is 84.3 Å². The summed E-state index contributed by atoms with van der Waals surface area (Å²) in [5.41, 5.74) is 12.5. The molecule has 0 aromatic heterocycles. The monoisotopic (exact) mass is 241 g/mol. The van der Waals surface area contributed by atoms with Gasteiger partial charge in [0.05, 0.1) is 0 Å². The van der Waals surface area contributed by atoms with Gasteiger partial charge in [-0.2, -0.15) is 13.1 Å². The second-order valence-electron chi connectivity index (χ2n) is 1.07. The fourth-order valence-electron chi connectivity index (χ4n) is 0. The van der Waals surface area contributed by atoms with Gasteiger partial charge in [-0.3, -0.25) is 0 Å². The number of carbonyl (C=O) groups is 2. The van der Waals surface area contributed by atoms with Crippen LogP contribution in [-0.4, -0.2) is 45.8 Å². The molecule has 0 unspecified atom stereocenters. The summed E-state index contributed by atoms with van der Waals surface area (Å²) in [6.45, 7) is 0.472. The maximum Gasteiger partial charge on any atom is 2.00 e. The van der Waals surface area contributed by atoms with Gasteiger partial charge in [0, 0.05) is 0 Å². The van der Waals surface area contributed by atoms with Crippen molar-refractivity contribution in [1.29, 1.82) is 0 Å². The number of carboxylic acid groups (broad SMARTS) is 4. The van der Waals surface area contributed by atoms with Crippen molar-refractivity contribution in [1.82, 2.24) is 0 Å². The van der Waals surface area contributed by atoms with Crippen molar-refractivity contribution in [2.24, 2.45) is 0 Å². The molecule has 0 aliphatic carbocycles. The van der Waals surface area contributed by atoms with Gasteiger partial charge in [-0.1, -0.05) is 0 Å². The standard InChI is InChI=1S/C2H6N2.2CH2O3.Co/c3-1-2-4;2*2-1(3)4;/h3-4H,1-2H2;2*(H2,2,3,4);/q-2;;;+2. The first-order valence-corrected chi connectivity index (χ1v) is 2.51. The van der Waals surface area contributed by atoms with Gasteiger partial charge in [0.1, 0.15) is 0 Å². The van der Waals surface area contributed by atoms with E-state index in [-0.39, 0.29) is 29.9 Å². The van der Waals surface area contributed by atoms with Crippen LogP contribution in [-0.2, 0) is 16.8 Å². The van der Waals surface area contributed by atoms with E-state index in [0.29, 0.717) is 0 Å². The van der Waals surface area contributed by atoms with E-state index in [1.165, 1.54) is 0 Å². The second kappa shape index (κ2) is 22.4. The predicted octanol–water partition coefficient (Wildman–Crippen LogP) is 1.53. The minimum absolute atomic E-state index is 0. The molecule has 6 N–H and O–H groups in total. The molecule has 0 saturated heterocycles. The summed E-state index contributed by atoms with van der Waals surface area (Å²) >= 11 is 0. The zero-order chi connectivity index (χ0) is 10.6. The minimum Gasteiger partial charge on any atom is -0.679 e. The summed E-state index contributed by atoms with van der Waals surface area (Å²) in [6.07, 6.45) is -3.67. The summed E-state index contributed by atoms with van der Waals surface area (Å²) in [6, 6.07) is 0. The van der Waals surface area contributed by atoms with Crippen LogP contribution in [0.4, 0.5) is 9.59 Å². The molecule has 0 aliphatic rings. The largest absolute Gasteiger partial charge is 2.00 e. The maximum absolute atomic E-state index is 8.56. The topological polar surface area (TPSA) is 163 Å². The van der Waals surface area contributed by atoms with Gasteiger partial charge in [-0.25, -0.2) is 9.59 Å². The Morgan fingerprint density at radius 3 is 0.923 bits per heavy atom. The van der Waals surface area contributed by atoms with Gasteiger partial charge in [-0.15, -0.1) is 0 Å². The molecule has 9 heteroatoms. The fraction of sp³-hybridized carbons (Fsp3) is 0.500. The third kappa shape index (κ3) is 785000. The Morgan fingerprint density at radius 1 is 0.846 bits per heavy atom. The molecule has 1 radical (unpaired) electrons. The molecule has 13 heavy (non-hydrogen) atoms. The van der Waals surface area contributed by atoms with Crippen LogP contribution in [0, 0.1) is 0 Å². The van der Waals surface area contributed by atoms with Gasteiger partial charge < -0.3 is 31.9 Å². The maximum atomic E-state index is 8.56. The number of rotatable bonds is 1. The number of hydrogen-bond acceptors (Lipinski definition) is 2. The molecule has 0 aliphatic heterocycles. The fourth-order valence-corrected chi connectivity index (χ4v) is 0. The zero-order valence-electron chi connectivity index (χ0n) is 6.35. The molecule has 8 nitrogen and oxygen atoms in total. The van der Waals surface area contributed by atoms with Crippen LogP contribution >= 0.6 is 0 Å². The minimum atomic E-state index is -1.83. The summed E-state index contributed by atoms with van der Waals surface area (Å²) in [5, 5.41) is 27.9. The molecular formula is C4H10CoN2O6. The van der Waals surface area contributed by atoms with Crippen LogP contribution in [0.15, 0.2) is 0 Å². The van der Waals surface area contributed by atoms with Crippen LogP contribution in [0.1, 0.15) is 0 Å². The Kier molecular flexibility index (Phi) is 39.2. The van der Waals surface area contributed by atoms with Crippen molar-refractivity contribution in [3.8, 4) is 0 Å². The first-order chi connectivity index (χ1) is 5.38. The van der Waals surface area contributed by atoms with Crippen molar-refractivity contribution in [3.63, 3.8) is 0 Å². The van der Waals surface area contributed by atoms with Crippen LogP contribution in [0.3, 0.4) is 0 Å². The summed E-state index contributed by atoms with van der Waals surface area (Å²) in [7, 11) is 0. The smallest absolute Gasteiger partial charge is 0.679 e. The number of hydrogen-bond donors (Lipinski definition) is 4. The Balaban J connectivity index is -0.0000000450. The molecule has 0 rings (SSSR count). The van der Waals surface area contributed by atoms with E-state index in [1.54, 1.807) is 0 Å². The van der Waals surface area contributed by atoms with E-state index >= 15 is 0 Å². The van der Waals surface area contributed by atoms with E-state index < -0.39 is 12.3 Å². The third-order valence-electron chi connectivity index (χ3n) is 0.125. The van der Waals surface area contributed by atoms with Crippen molar-refractivity contribution >= 4 is 12.3 Å². The first kappa shape index (κ1) is 22.7. The molecule has 0 bridgehead atoms. The van der Waals surface area contributed by atoms with Crippen molar-refractivity contribution in [2.45, 2.75) is 0 Å². The van der Waals surface area contributed by atoms with E-state index in [2.05, 4.69) is 0 Å². The van der Waals surface area contributed by atoms with Gasteiger partial charge >= 0.3 is 29.1 Å². The average Bonchev–Trinajstić information content (AvgIpc) is 1.85. The quantitative estimate of drug-likeness (QED) is 0.543. The third-order valence-corrected chi connectivity index (χ3v) is 0.125. The number of nitrogens with one attached hydrogen (secondary N) is 2. The Bertz CT molecular complexity index is 99.2. The Morgan fingerprint density at radius 2 is 0.923 bits per heavy atom. The predicted molar refractivity (Wildman–Crippen MR) is 39.7 cm³/mol. The summed E-state index contributed by atoms with van der Waals surface area (Å²) in [4.78, 5) is 17.1. The van der Waals surface area contributed by atoms with Crippen molar-refractivity contribution in [3.05, 3.63) is 11.5 Å². The zero-order valence-corrected chi connectivity index (χ0v) is 7.39. The summed E-state index contributed by atoms with van der Waals surface area (Å²) in [5.74, 6) is 0. The van der Waals surface area contributed by atoms with Crippen molar-refractivity contribution in [2.75, 3.05) is 13.1 Å². The molecule has 0 saturated carbocycles. The van der Waals surface area contributed by atoms with E-state index in [4.69, 9.17) is 41.5 Å². The van der Waals surface area contributed by atoms with E-state index in [9.17, 15) is 0 Å². The van der Waals surface area contributed by atoms with Crippen LogP contribution in [0.5, 0.6) is 0 Å². The Hall–Kier alpha value is -1.03. The van der Waals surface area contributed by atoms with E-state index in [1.807, 2.05) is 0 Å². The van der Waals surface area contributed by atoms with Crippen molar-refractivity contribution < 1.29 is 46.8 Å². The van der Waals surface area contributed by atoms with Crippen LogP contribution in [0.2, 0.25) is 0 Å². The molecular weight excluding hydrogens is 231 g/mol. The normalized spacial score (nSPS) is 6.00. The average molecular weight is 241 g/mol. The molecule has 0 spiro atoms. The summed E-state index contributed by atoms with van der Waals surface area (Å²) < 4.78 is 0. The van der Waals surface area contributed by atoms with E-state index in [0.717, 1.165) is 0 Å². The molecule has 0 aromatic rings. The molecule has 0 heterocycles. The second-order valence-corrected chi connectivity index (χ2v) is 1.07. The molecule has 81 valence electrons. The molecule has 0 aromatic carbocycles. The van der Waals surface area contributed by atoms with Crippen LogP contribution < -0.4 is 0 Å². The van der Waals surface area contributed by atoms with Gasteiger partial charge in [0.2, 0.25) is 0 Å².